The number of nitrogens with zero attached hydrogens (tertiary/aromatic N) is 2. The minimum Gasteiger partial charge on any atom is -0.455 e. The molecule has 0 spiro atoms. The van der Waals surface area contributed by atoms with Crippen molar-refractivity contribution in [3.63, 3.8) is 0 Å². The van der Waals surface area contributed by atoms with Crippen molar-refractivity contribution in [2.24, 2.45) is 0 Å². The highest BCUT2D eigenvalue weighted by atomic mass is 16.3. The van der Waals surface area contributed by atoms with E-state index in [0.717, 1.165) is 105 Å². The number of fused-ring (bicyclic) bond motifs is 13. The first-order chi connectivity index (χ1) is 34.2. The van der Waals surface area contributed by atoms with Gasteiger partial charge in [0.25, 0.3) is 0 Å². The molecule has 15 rings (SSSR count). The van der Waals surface area contributed by atoms with Crippen LogP contribution in [0.5, 0.6) is 0 Å². The van der Waals surface area contributed by atoms with Gasteiger partial charge >= 0.3 is 0 Å². The van der Waals surface area contributed by atoms with Gasteiger partial charge in [0.05, 0.1) is 11.0 Å². The Morgan fingerprint density at radius 2 is 0.768 bits per heavy atom. The molecule has 3 heterocycles. The summed E-state index contributed by atoms with van der Waals surface area (Å²) in [4.78, 5) is 5.16. The van der Waals surface area contributed by atoms with Gasteiger partial charge < -0.3 is 8.83 Å². The van der Waals surface area contributed by atoms with Crippen LogP contribution in [0.25, 0.3) is 148 Å². The summed E-state index contributed by atoms with van der Waals surface area (Å²) in [6.45, 7) is 0. The zero-order chi connectivity index (χ0) is 45.2. The van der Waals surface area contributed by atoms with Gasteiger partial charge in [-0.3, -0.25) is 4.57 Å². The molecule has 4 heteroatoms. The van der Waals surface area contributed by atoms with E-state index in [1.807, 2.05) is 0 Å². The molecular weight excluding hydrogens is 841 g/mol. The van der Waals surface area contributed by atoms with Crippen molar-refractivity contribution in [2.45, 2.75) is 0 Å². The minimum absolute atomic E-state index is 0.880. The number of para-hydroxylation sites is 3. The predicted molar refractivity (Wildman–Crippen MR) is 287 cm³/mol. The molecule has 0 unspecified atom stereocenters. The third kappa shape index (κ3) is 5.73. The molecule has 0 bridgehead atoms. The van der Waals surface area contributed by atoms with E-state index in [4.69, 9.17) is 13.8 Å². The Balaban J connectivity index is 0.957. The van der Waals surface area contributed by atoms with Crippen molar-refractivity contribution in [2.75, 3.05) is 0 Å². The van der Waals surface area contributed by atoms with Gasteiger partial charge in [-0.05, 0) is 132 Å². The Morgan fingerprint density at radius 1 is 0.304 bits per heavy atom. The second-order valence-electron chi connectivity index (χ2n) is 18.2. The molecule has 4 nitrogen and oxygen atoms in total. The second-order valence-corrected chi connectivity index (χ2v) is 18.2. The lowest BCUT2D eigenvalue weighted by Crippen LogP contribution is -1.97. The molecule has 0 fully saturated rings. The fourth-order valence-corrected chi connectivity index (χ4v) is 11.2. The van der Waals surface area contributed by atoms with E-state index in [2.05, 4.69) is 235 Å². The Kier molecular flexibility index (Phi) is 8.04. The van der Waals surface area contributed by atoms with Gasteiger partial charge in [0, 0.05) is 43.6 Å². The molecule has 0 amide bonds. The number of hydrogen-bond donors (Lipinski definition) is 0. The van der Waals surface area contributed by atoms with E-state index in [1.54, 1.807) is 0 Å². The molecule has 0 radical (unpaired) electrons. The second kappa shape index (κ2) is 14.6. The summed E-state index contributed by atoms with van der Waals surface area (Å²) in [5.41, 5.74) is 14.7. The quantitative estimate of drug-likeness (QED) is 0.162. The van der Waals surface area contributed by atoms with Crippen LogP contribution in [0.4, 0.5) is 0 Å². The van der Waals surface area contributed by atoms with Crippen molar-refractivity contribution >= 4 is 98.0 Å². The van der Waals surface area contributed by atoms with E-state index < -0.39 is 0 Å². The van der Waals surface area contributed by atoms with Gasteiger partial charge in [-0.2, -0.15) is 0 Å². The molecule has 0 N–H and O–H groups in total. The highest BCUT2D eigenvalue weighted by Crippen LogP contribution is 2.48. The number of imidazole rings is 1. The highest BCUT2D eigenvalue weighted by Gasteiger charge is 2.21. The lowest BCUT2D eigenvalue weighted by molar-refractivity contribution is 0.672. The lowest BCUT2D eigenvalue weighted by atomic mass is 9.84. The summed E-state index contributed by atoms with van der Waals surface area (Å²) in [7, 11) is 0. The normalized spacial score (nSPS) is 12.1. The van der Waals surface area contributed by atoms with Crippen molar-refractivity contribution in [1.82, 2.24) is 9.55 Å². The average molecular weight is 879 g/mol. The summed E-state index contributed by atoms with van der Waals surface area (Å²) < 4.78 is 15.5. The maximum Gasteiger partial charge on any atom is 0.145 e. The molecule has 12 aromatic carbocycles. The molecule has 3 aromatic heterocycles. The molecule has 0 atom stereocenters. The third-order valence-corrected chi connectivity index (χ3v) is 14.4. The highest BCUT2D eigenvalue weighted by molar-refractivity contribution is 6.24. The van der Waals surface area contributed by atoms with Crippen LogP contribution >= 0.6 is 0 Å². The molecular formula is C65H38N2O2. The first kappa shape index (κ1) is 37.9. The number of benzene rings is 12. The monoisotopic (exact) mass is 878 g/mol. The zero-order valence-corrected chi connectivity index (χ0v) is 37.2. The summed E-state index contributed by atoms with van der Waals surface area (Å²) in [5, 5.41) is 13.8. The maximum atomic E-state index is 6.65. The van der Waals surface area contributed by atoms with Crippen LogP contribution in [0, 0.1) is 0 Å². The molecule has 69 heavy (non-hydrogen) atoms. The fourth-order valence-electron chi connectivity index (χ4n) is 11.2. The Bertz CT molecular complexity index is 4590. The Labute approximate surface area is 395 Å². The molecule has 0 aliphatic carbocycles. The number of aromatic nitrogens is 2. The van der Waals surface area contributed by atoms with Crippen LogP contribution in [0.2, 0.25) is 0 Å². The van der Waals surface area contributed by atoms with Gasteiger partial charge in [-0.15, -0.1) is 0 Å². The van der Waals surface area contributed by atoms with E-state index >= 15 is 0 Å². The van der Waals surface area contributed by atoms with Crippen molar-refractivity contribution in [3.8, 4) is 50.5 Å². The summed E-state index contributed by atoms with van der Waals surface area (Å²) >= 11 is 0. The molecule has 320 valence electrons. The maximum absolute atomic E-state index is 6.65. The van der Waals surface area contributed by atoms with E-state index in [0.29, 0.717) is 0 Å². The van der Waals surface area contributed by atoms with Crippen LogP contribution < -0.4 is 0 Å². The molecule has 0 saturated carbocycles. The van der Waals surface area contributed by atoms with Crippen molar-refractivity contribution in [3.05, 3.63) is 231 Å². The van der Waals surface area contributed by atoms with Crippen molar-refractivity contribution in [1.29, 1.82) is 0 Å². The van der Waals surface area contributed by atoms with Gasteiger partial charge in [0.2, 0.25) is 0 Å². The van der Waals surface area contributed by atoms with Gasteiger partial charge in [0.1, 0.15) is 28.2 Å². The molecule has 0 saturated heterocycles. The molecule has 0 aliphatic rings. The first-order valence-corrected chi connectivity index (χ1v) is 23.5. The van der Waals surface area contributed by atoms with Gasteiger partial charge in [-0.1, -0.05) is 164 Å². The standard InChI is InChI=1S/C65H38N2O2/c1-2-14-46(15-3-1)67-58-21-11-10-20-57(58)66-65(67)42-24-22-39(23-25-42)43-28-31-51-56(36-43)62(45-30-35-60-55(38-45)53-33-27-41-13-5-7-17-48(41)64(53)69-60)50-19-9-8-18-49(50)61(51)44-29-34-59-54(37-44)52-32-26-40-12-4-6-16-47(40)63(52)68-59/h1-38H. The summed E-state index contributed by atoms with van der Waals surface area (Å²) in [6, 6.07) is 82.9. The first-order valence-electron chi connectivity index (χ1n) is 23.5. The lowest BCUT2D eigenvalue weighted by Gasteiger charge is -2.19. The molecule has 15 aromatic rings. The minimum atomic E-state index is 0.880. The fraction of sp³-hybridized carbons (Fsp3) is 0. The predicted octanol–water partition coefficient (Wildman–Crippen LogP) is 18.1. The average Bonchev–Trinajstić information content (AvgIpc) is 4.12. The van der Waals surface area contributed by atoms with E-state index in [1.165, 1.54) is 43.4 Å². The van der Waals surface area contributed by atoms with E-state index in [-0.39, 0.29) is 0 Å². The topological polar surface area (TPSA) is 44.1 Å². The van der Waals surface area contributed by atoms with Crippen LogP contribution in [-0.4, -0.2) is 9.55 Å². The van der Waals surface area contributed by atoms with Crippen molar-refractivity contribution < 1.29 is 8.83 Å². The SMILES string of the molecule is c1ccc(-n2c(-c3ccc(-c4ccc5c(-c6ccc7oc8c9ccccc9ccc8c7c6)c6ccccc6c(-c6ccc7oc8c9ccccc9ccc8c7c6)c5c4)cc3)nc3ccccc32)cc1. The molecule has 0 aliphatic heterocycles. The zero-order valence-electron chi connectivity index (χ0n) is 37.2. The van der Waals surface area contributed by atoms with Gasteiger partial charge in [0.15, 0.2) is 0 Å². The third-order valence-electron chi connectivity index (χ3n) is 14.4. The number of furan rings is 2. The Morgan fingerprint density at radius 3 is 1.41 bits per heavy atom. The number of rotatable bonds is 5. The number of hydrogen-bond acceptors (Lipinski definition) is 3. The summed E-state index contributed by atoms with van der Waals surface area (Å²) in [6.07, 6.45) is 0. The van der Waals surface area contributed by atoms with E-state index in [9.17, 15) is 0 Å². The van der Waals surface area contributed by atoms with Gasteiger partial charge in [-0.25, -0.2) is 4.98 Å². The smallest absolute Gasteiger partial charge is 0.145 e. The Hall–Kier alpha value is -9.25. The van der Waals surface area contributed by atoms with Crippen LogP contribution in [0.1, 0.15) is 0 Å². The summed E-state index contributed by atoms with van der Waals surface area (Å²) in [5.74, 6) is 0.913. The van der Waals surface area contributed by atoms with Crippen LogP contribution in [0.15, 0.2) is 239 Å². The largest absolute Gasteiger partial charge is 0.455 e. The van der Waals surface area contributed by atoms with Crippen LogP contribution in [-0.2, 0) is 0 Å². The van der Waals surface area contributed by atoms with Crippen LogP contribution in [0.3, 0.4) is 0 Å².